The van der Waals surface area contributed by atoms with Gasteiger partial charge in [0, 0.05) is 19.1 Å². The molecule has 78 valence electrons. The Morgan fingerprint density at radius 2 is 2.29 bits per heavy atom. The zero-order chi connectivity index (χ0) is 10.1. The number of primary amides is 1. The van der Waals surface area contributed by atoms with E-state index in [1.165, 1.54) is 0 Å². The van der Waals surface area contributed by atoms with E-state index >= 15 is 0 Å². The Hall–Kier alpha value is -1.10. The van der Waals surface area contributed by atoms with Crippen molar-refractivity contribution >= 4 is 11.8 Å². The number of carbonyl (C=O) groups excluding carboxylic acids is 2. The molecule has 2 aliphatic heterocycles. The number of hydrogen-bond donors (Lipinski definition) is 2. The zero-order valence-electron chi connectivity index (χ0n) is 8.03. The third kappa shape index (κ3) is 1.48. The Balaban J connectivity index is 2.02. The fourth-order valence-corrected chi connectivity index (χ4v) is 2.23. The van der Waals surface area contributed by atoms with E-state index in [2.05, 4.69) is 5.32 Å². The van der Waals surface area contributed by atoms with Crippen LogP contribution in [0.4, 0.5) is 0 Å². The van der Waals surface area contributed by atoms with E-state index in [1.54, 1.807) is 4.90 Å². The molecule has 2 atom stereocenters. The Morgan fingerprint density at radius 1 is 1.50 bits per heavy atom. The largest absolute Gasteiger partial charge is 0.369 e. The van der Waals surface area contributed by atoms with Crippen molar-refractivity contribution in [3.05, 3.63) is 0 Å². The molecule has 0 aromatic rings. The van der Waals surface area contributed by atoms with E-state index in [0.717, 1.165) is 19.5 Å². The molecule has 2 rings (SSSR count). The Bertz CT molecular complexity index is 261. The second-order valence-electron chi connectivity index (χ2n) is 3.92. The normalized spacial score (nSPS) is 32.6. The molecule has 3 N–H and O–H groups in total. The maximum atomic E-state index is 11.7. The quantitative estimate of drug-likeness (QED) is 0.539. The molecule has 0 spiro atoms. The van der Waals surface area contributed by atoms with Crippen molar-refractivity contribution < 1.29 is 9.59 Å². The summed E-state index contributed by atoms with van der Waals surface area (Å²) in [7, 11) is 0. The van der Waals surface area contributed by atoms with E-state index in [4.69, 9.17) is 5.73 Å². The van der Waals surface area contributed by atoms with Gasteiger partial charge >= 0.3 is 0 Å². The van der Waals surface area contributed by atoms with Gasteiger partial charge in [-0.25, -0.2) is 0 Å². The maximum Gasteiger partial charge on any atom is 0.235 e. The molecule has 0 aromatic carbocycles. The fourth-order valence-electron chi connectivity index (χ4n) is 2.23. The highest BCUT2D eigenvalue weighted by Gasteiger charge is 2.39. The highest BCUT2D eigenvalue weighted by molar-refractivity contribution is 6.01. The molecule has 5 nitrogen and oxygen atoms in total. The Morgan fingerprint density at radius 3 is 2.79 bits per heavy atom. The summed E-state index contributed by atoms with van der Waals surface area (Å²) in [5.74, 6) is -1.13. The minimum atomic E-state index is -0.574. The van der Waals surface area contributed by atoms with Gasteiger partial charge in [0.2, 0.25) is 11.8 Å². The predicted octanol–water partition coefficient (Wildman–Crippen LogP) is -1.32. The third-order valence-corrected chi connectivity index (χ3v) is 3.06. The van der Waals surface area contributed by atoms with Gasteiger partial charge in [-0.1, -0.05) is 0 Å². The van der Waals surface area contributed by atoms with Gasteiger partial charge in [-0.15, -0.1) is 0 Å². The molecule has 0 aliphatic carbocycles. The number of nitrogens with zero attached hydrogens (tertiary/aromatic N) is 1. The predicted molar refractivity (Wildman–Crippen MR) is 50.3 cm³/mol. The van der Waals surface area contributed by atoms with Gasteiger partial charge in [0.25, 0.3) is 0 Å². The second kappa shape index (κ2) is 3.57. The van der Waals surface area contributed by atoms with E-state index < -0.39 is 11.8 Å². The first kappa shape index (κ1) is 9.45. The second-order valence-corrected chi connectivity index (χ2v) is 3.92. The molecule has 2 fully saturated rings. The smallest absolute Gasteiger partial charge is 0.235 e. The van der Waals surface area contributed by atoms with Crippen LogP contribution in [-0.4, -0.2) is 42.4 Å². The van der Waals surface area contributed by atoms with Crippen LogP contribution >= 0.6 is 0 Å². The summed E-state index contributed by atoms with van der Waals surface area (Å²) in [5.41, 5.74) is 5.15. The van der Waals surface area contributed by atoms with Crippen LogP contribution in [0.25, 0.3) is 0 Å². The van der Waals surface area contributed by atoms with Crippen molar-refractivity contribution in [2.75, 3.05) is 19.6 Å². The number of amides is 2. The SMILES string of the molecule is NC(=O)C1CCN(C2CCNC2)C1=O. The Kier molecular flexibility index (Phi) is 2.41. The first-order valence-electron chi connectivity index (χ1n) is 5.00. The molecule has 2 amide bonds. The minimum absolute atomic E-state index is 0.0776. The summed E-state index contributed by atoms with van der Waals surface area (Å²) in [5, 5.41) is 3.20. The summed E-state index contributed by atoms with van der Waals surface area (Å²) < 4.78 is 0. The van der Waals surface area contributed by atoms with Gasteiger partial charge in [0.1, 0.15) is 5.92 Å². The molecule has 0 radical (unpaired) electrons. The van der Waals surface area contributed by atoms with Crippen LogP contribution in [0, 0.1) is 5.92 Å². The summed E-state index contributed by atoms with van der Waals surface area (Å²) >= 11 is 0. The molecule has 5 heteroatoms. The molecule has 2 saturated heterocycles. The van der Waals surface area contributed by atoms with Crippen LogP contribution in [0.1, 0.15) is 12.8 Å². The lowest BCUT2D eigenvalue weighted by Crippen LogP contribution is -2.41. The topological polar surface area (TPSA) is 75.4 Å². The molecule has 0 saturated carbocycles. The first-order valence-corrected chi connectivity index (χ1v) is 5.00. The van der Waals surface area contributed by atoms with Gasteiger partial charge in [0.05, 0.1) is 0 Å². The molecule has 2 heterocycles. The number of carbonyl (C=O) groups is 2. The molecular formula is C9H15N3O2. The van der Waals surface area contributed by atoms with Crippen molar-refractivity contribution in [1.29, 1.82) is 0 Å². The van der Waals surface area contributed by atoms with E-state index in [9.17, 15) is 9.59 Å². The lowest BCUT2D eigenvalue weighted by atomic mass is 10.1. The Labute approximate surface area is 82.6 Å². The lowest BCUT2D eigenvalue weighted by Gasteiger charge is -2.23. The number of nitrogens with two attached hydrogens (primary N) is 1. The van der Waals surface area contributed by atoms with Crippen LogP contribution in [0.2, 0.25) is 0 Å². The number of likely N-dealkylation sites (tertiary alicyclic amines) is 1. The van der Waals surface area contributed by atoms with Gasteiger partial charge < -0.3 is 16.0 Å². The van der Waals surface area contributed by atoms with E-state index in [0.29, 0.717) is 13.0 Å². The van der Waals surface area contributed by atoms with Gasteiger partial charge in [0.15, 0.2) is 0 Å². The minimum Gasteiger partial charge on any atom is -0.369 e. The highest BCUT2D eigenvalue weighted by atomic mass is 16.2. The third-order valence-electron chi connectivity index (χ3n) is 3.06. The molecule has 14 heavy (non-hydrogen) atoms. The average molecular weight is 197 g/mol. The van der Waals surface area contributed by atoms with E-state index in [-0.39, 0.29) is 11.9 Å². The van der Waals surface area contributed by atoms with Crippen LogP contribution in [0.15, 0.2) is 0 Å². The van der Waals surface area contributed by atoms with Crippen molar-refractivity contribution in [3.8, 4) is 0 Å². The van der Waals surface area contributed by atoms with Gasteiger partial charge in [-0.3, -0.25) is 9.59 Å². The summed E-state index contributed by atoms with van der Waals surface area (Å²) in [6, 6.07) is 0.270. The molecule has 0 aromatic heterocycles. The van der Waals surface area contributed by atoms with E-state index in [1.807, 2.05) is 0 Å². The monoisotopic (exact) mass is 197 g/mol. The van der Waals surface area contributed by atoms with Crippen LogP contribution in [0.3, 0.4) is 0 Å². The molecule has 2 aliphatic rings. The van der Waals surface area contributed by atoms with Crippen LogP contribution in [0.5, 0.6) is 0 Å². The van der Waals surface area contributed by atoms with Crippen LogP contribution < -0.4 is 11.1 Å². The highest BCUT2D eigenvalue weighted by Crippen LogP contribution is 2.22. The lowest BCUT2D eigenvalue weighted by molar-refractivity contribution is -0.137. The van der Waals surface area contributed by atoms with Gasteiger partial charge in [-0.2, -0.15) is 0 Å². The van der Waals surface area contributed by atoms with Crippen LogP contribution in [-0.2, 0) is 9.59 Å². The first-order chi connectivity index (χ1) is 6.70. The number of hydrogen-bond acceptors (Lipinski definition) is 3. The molecular weight excluding hydrogens is 182 g/mol. The fraction of sp³-hybridized carbons (Fsp3) is 0.778. The standard InChI is InChI=1S/C9H15N3O2/c10-8(13)7-2-4-12(9(7)14)6-1-3-11-5-6/h6-7,11H,1-5H2,(H2,10,13). The van der Waals surface area contributed by atoms with Crippen molar-refractivity contribution in [1.82, 2.24) is 10.2 Å². The maximum absolute atomic E-state index is 11.7. The molecule has 2 unspecified atom stereocenters. The van der Waals surface area contributed by atoms with Crippen molar-refractivity contribution in [3.63, 3.8) is 0 Å². The van der Waals surface area contributed by atoms with Crippen molar-refractivity contribution in [2.24, 2.45) is 11.7 Å². The van der Waals surface area contributed by atoms with Gasteiger partial charge in [-0.05, 0) is 19.4 Å². The number of rotatable bonds is 2. The average Bonchev–Trinajstić information content (AvgIpc) is 2.71. The van der Waals surface area contributed by atoms with Crippen molar-refractivity contribution in [2.45, 2.75) is 18.9 Å². The summed E-state index contributed by atoms with van der Waals surface area (Å²) in [4.78, 5) is 24.5. The zero-order valence-corrected chi connectivity index (χ0v) is 8.03. The summed E-state index contributed by atoms with van der Waals surface area (Å²) in [6.07, 6.45) is 1.57. The molecule has 0 bridgehead atoms. The number of nitrogens with one attached hydrogen (secondary N) is 1. The summed E-state index contributed by atoms with van der Waals surface area (Å²) in [6.45, 7) is 2.48.